The van der Waals surface area contributed by atoms with Crippen molar-refractivity contribution in [2.75, 3.05) is 19.8 Å². The number of carbonyl (C=O) groups is 2. The molecule has 0 aromatic carbocycles. The molecule has 10 atom stereocenters. The van der Waals surface area contributed by atoms with Crippen molar-refractivity contribution in [1.29, 1.82) is 0 Å². The number of nitrogens with one attached hydrogen (secondary N) is 1. The molecule has 5 aliphatic rings. The summed E-state index contributed by atoms with van der Waals surface area (Å²) in [5.41, 5.74) is -5.07. The first-order valence-electron chi connectivity index (χ1n) is 15.5. The highest BCUT2D eigenvalue weighted by Crippen LogP contribution is 2.72. The van der Waals surface area contributed by atoms with Crippen LogP contribution < -0.4 is 5.32 Å². The Bertz CT molecular complexity index is 1170. The van der Waals surface area contributed by atoms with Gasteiger partial charge in [-0.1, -0.05) is 58.9 Å². The van der Waals surface area contributed by atoms with Crippen LogP contribution in [0.4, 0.5) is 8.78 Å². The molecule has 4 fully saturated rings. The minimum atomic E-state index is -2.14. The third-order valence-corrected chi connectivity index (χ3v) is 10.9. The number of Topliss-reactive ketones (excluding diaryl/α,β-unsaturated/α-hetero) is 2. The van der Waals surface area contributed by atoms with E-state index in [-0.39, 0.29) is 56.6 Å². The van der Waals surface area contributed by atoms with Gasteiger partial charge in [0, 0.05) is 29.2 Å². The summed E-state index contributed by atoms with van der Waals surface area (Å²) >= 11 is 0. The van der Waals surface area contributed by atoms with Crippen LogP contribution in [0.25, 0.3) is 0 Å². The summed E-state index contributed by atoms with van der Waals surface area (Å²) in [6, 6.07) is 0.184. The highest BCUT2D eigenvalue weighted by molar-refractivity contribution is 5.91. The highest BCUT2D eigenvalue weighted by Gasteiger charge is 2.79. The fraction of sp³-hybridized carbons (Fsp3) is 0.758. The van der Waals surface area contributed by atoms with Crippen molar-refractivity contribution < 1.29 is 37.7 Å². The van der Waals surface area contributed by atoms with Crippen LogP contribution in [0.1, 0.15) is 73.1 Å². The molecular weight excluding hydrogens is 544 g/mol. The lowest BCUT2D eigenvalue weighted by Gasteiger charge is -2.63. The first-order valence-corrected chi connectivity index (χ1v) is 15.5. The van der Waals surface area contributed by atoms with Gasteiger partial charge in [0.25, 0.3) is 0 Å². The fourth-order valence-corrected chi connectivity index (χ4v) is 8.82. The van der Waals surface area contributed by atoms with Crippen molar-refractivity contribution in [3.05, 3.63) is 36.0 Å². The summed E-state index contributed by atoms with van der Waals surface area (Å²) in [6.07, 6.45) is 2.50. The van der Waals surface area contributed by atoms with E-state index in [0.29, 0.717) is 24.0 Å². The molecule has 0 aromatic heterocycles. The Kier molecular flexibility index (Phi) is 8.51. The fourth-order valence-electron chi connectivity index (χ4n) is 8.82. The quantitative estimate of drug-likeness (QED) is 0.336. The molecule has 0 amide bonds. The number of allylic oxidation sites excluding steroid dienone is 5. The van der Waals surface area contributed by atoms with Crippen LogP contribution in [0.3, 0.4) is 0 Å². The van der Waals surface area contributed by atoms with Crippen LogP contribution in [-0.2, 0) is 23.8 Å². The second-order valence-electron chi connectivity index (χ2n) is 13.8. The van der Waals surface area contributed by atoms with Crippen LogP contribution in [0.5, 0.6) is 0 Å². The lowest BCUT2D eigenvalue weighted by atomic mass is 9.44. The first-order chi connectivity index (χ1) is 19.7. The molecule has 1 aliphatic heterocycles. The summed E-state index contributed by atoms with van der Waals surface area (Å²) in [5, 5.41) is 14.8. The summed E-state index contributed by atoms with van der Waals surface area (Å²) in [5.74, 6) is -1.69. The Labute approximate surface area is 248 Å². The molecule has 0 aromatic rings. The van der Waals surface area contributed by atoms with Crippen LogP contribution in [0.2, 0.25) is 0 Å². The van der Waals surface area contributed by atoms with Crippen molar-refractivity contribution >= 4 is 11.6 Å². The number of rotatable bonds is 11. The monoisotopic (exact) mass is 591 g/mol. The highest BCUT2D eigenvalue weighted by atomic mass is 19.1. The zero-order valence-electron chi connectivity index (χ0n) is 25.6. The number of ketones is 2. The molecule has 5 rings (SSSR count). The van der Waals surface area contributed by atoms with Crippen LogP contribution in [0.15, 0.2) is 36.0 Å². The van der Waals surface area contributed by atoms with Gasteiger partial charge in [-0.25, -0.2) is 8.78 Å². The van der Waals surface area contributed by atoms with Gasteiger partial charge < -0.3 is 24.6 Å². The minimum absolute atomic E-state index is 0.0152. The molecule has 3 saturated carbocycles. The second-order valence-corrected chi connectivity index (χ2v) is 13.8. The van der Waals surface area contributed by atoms with Gasteiger partial charge >= 0.3 is 0 Å². The Balaban J connectivity index is 1.42. The number of aliphatic hydroxyl groups excluding tert-OH is 1. The normalized spacial score (nSPS) is 43.9. The summed E-state index contributed by atoms with van der Waals surface area (Å²) in [4.78, 5) is 26.3. The van der Waals surface area contributed by atoms with Gasteiger partial charge in [-0.3, -0.25) is 9.59 Å². The Morgan fingerprint density at radius 2 is 2.00 bits per heavy atom. The molecular formula is C33H47F2NO6. The molecule has 9 heteroatoms. The van der Waals surface area contributed by atoms with Gasteiger partial charge in [-0.2, -0.15) is 0 Å². The van der Waals surface area contributed by atoms with Crippen molar-refractivity contribution in [2.45, 2.75) is 115 Å². The van der Waals surface area contributed by atoms with Gasteiger partial charge in [0.2, 0.25) is 0 Å². The number of aliphatic hydroxyl groups is 1. The van der Waals surface area contributed by atoms with Crippen molar-refractivity contribution in [3.8, 4) is 0 Å². The molecule has 42 heavy (non-hydrogen) atoms. The lowest BCUT2D eigenvalue weighted by molar-refractivity contribution is -0.234. The Morgan fingerprint density at radius 1 is 1.26 bits per heavy atom. The minimum Gasteiger partial charge on any atom is -0.390 e. The van der Waals surface area contributed by atoms with Gasteiger partial charge in [-0.15, -0.1) is 0 Å². The zero-order valence-corrected chi connectivity index (χ0v) is 25.6. The van der Waals surface area contributed by atoms with E-state index in [9.17, 15) is 14.7 Å². The van der Waals surface area contributed by atoms with E-state index < -0.39 is 58.6 Å². The SMILES string of the molecule is C=C1C=C[C@@]2(C)C(=C1)[C@@H](F)C[C@H]1[C@@H]3C[C@H]4OC(CCC)O[C@@]4(C(=O)COCCC(=O)CNC(C)C)[C@@]3(C)C[C@H](O)[C@@]12F. The number of ether oxygens (including phenoxy) is 3. The lowest BCUT2D eigenvalue weighted by Crippen LogP contribution is -2.70. The molecule has 0 spiro atoms. The molecule has 1 unspecified atom stereocenters. The maximum absolute atomic E-state index is 17.6. The summed E-state index contributed by atoms with van der Waals surface area (Å²) < 4.78 is 52.1. The Hall–Kier alpha value is -1.78. The van der Waals surface area contributed by atoms with Gasteiger partial charge in [0.1, 0.15) is 18.6 Å². The summed E-state index contributed by atoms with van der Waals surface area (Å²) in [6.45, 7) is 13.4. The molecule has 1 saturated heterocycles. The zero-order chi connectivity index (χ0) is 30.7. The number of alkyl halides is 2. The molecule has 2 N–H and O–H groups in total. The average Bonchev–Trinajstić information content (AvgIpc) is 3.40. The van der Waals surface area contributed by atoms with E-state index >= 15 is 8.78 Å². The van der Waals surface area contributed by atoms with E-state index in [0.717, 1.165) is 6.42 Å². The number of halogens is 2. The number of fused-ring (bicyclic) bond motifs is 7. The number of carbonyl (C=O) groups excluding carboxylic acids is 2. The third-order valence-electron chi connectivity index (χ3n) is 10.9. The average molecular weight is 592 g/mol. The predicted molar refractivity (Wildman–Crippen MR) is 154 cm³/mol. The topological polar surface area (TPSA) is 94.1 Å². The number of hydrogen-bond donors (Lipinski definition) is 2. The Morgan fingerprint density at radius 3 is 2.69 bits per heavy atom. The maximum atomic E-state index is 17.6. The number of hydrogen-bond acceptors (Lipinski definition) is 7. The smallest absolute Gasteiger partial charge is 0.193 e. The molecule has 7 nitrogen and oxygen atoms in total. The predicted octanol–water partition coefficient (Wildman–Crippen LogP) is 4.73. The van der Waals surface area contributed by atoms with Crippen molar-refractivity contribution in [3.63, 3.8) is 0 Å². The molecule has 0 radical (unpaired) electrons. The van der Waals surface area contributed by atoms with E-state index in [2.05, 4.69) is 11.9 Å². The van der Waals surface area contributed by atoms with Gasteiger partial charge in [-0.05, 0) is 49.7 Å². The standard InChI is InChI=1S/C33H47F2NO6/c1-7-8-29-41-28-15-22-23-14-25(34)24-13-20(4)9-11-30(24,5)32(23,35)26(38)16-31(22,6)33(28,42-29)27(39)18-40-12-10-21(37)17-36-19(2)3/h9,11,13,19,22-23,25-26,28-29,36,38H,4,7-8,10,12,14-18H2,1-3,5-6H3/t22-,23-,25-,26-,28+,29?,30-,31-,32-,33+/m0/s1. The van der Waals surface area contributed by atoms with E-state index in [4.69, 9.17) is 14.2 Å². The van der Waals surface area contributed by atoms with Crippen LogP contribution in [0, 0.1) is 22.7 Å². The van der Waals surface area contributed by atoms with Gasteiger partial charge in [0.15, 0.2) is 23.3 Å². The van der Waals surface area contributed by atoms with Crippen LogP contribution >= 0.6 is 0 Å². The second kappa shape index (κ2) is 11.3. The molecule has 4 aliphatic carbocycles. The van der Waals surface area contributed by atoms with Gasteiger partial charge in [0.05, 0.1) is 25.4 Å². The molecule has 0 bridgehead atoms. The summed E-state index contributed by atoms with van der Waals surface area (Å²) in [7, 11) is 0. The van der Waals surface area contributed by atoms with E-state index in [1.54, 1.807) is 25.2 Å². The molecule has 234 valence electrons. The first kappa shape index (κ1) is 31.6. The van der Waals surface area contributed by atoms with E-state index in [1.807, 2.05) is 27.7 Å². The van der Waals surface area contributed by atoms with Crippen LogP contribution in [-0.4, -0.2) is 78.4 Å². The third kappa shape index (κ3) is 4.61. The molecule has 1 heterocycles. The maximum Gasteiger partial charge on any atom is 0.193 e. The van der Waals surface area contributed by atoms with Crippen molar-refractivity contribution in [2.24, 2.45) is 22.7 Å². The van der Waals surface area contributed by atoms with E-state index in [1.165, 1.54) is 0 Å². The van der Waals surface area contributed by atoms with Crippen molar-refractivity contribution in [1.82, 2.24) is 5.32 Å². The largest absolute Gasteiger partial charge is 0.390 e.